The molecule has 2 N–H and O–H groups in total. The van der Waals surface area contributed by atoms with E-state index in [2.05, 4.69) is 20.8 Å². The van der Waals surface area contributed by atoms with Crippen molar-refractivity contribution in [2.45, 2.75) is 6.92 Å². The summed E-state index contributed by atoms with van der Waals surface area (Å²) in [5, 5.41) is 0. The molecule has 1 heterocycles. The number of rotatable bonds is 2. The van der Waals surface area contributed by atoms with Crippen molar-refractivity contribution in [1.29, 1.82) is 0 Å². The molecule has 2 amide bonds. The lowest BCUT2D eigenvalue weighted by Crippen LogP contribution is -2.41. The van der Waals surface area contributed by atoms with Crippen LogP contribution in [0.25, 0.3) is 0 Å². The predicted octanol–water partition coefficient (Wildman–Crippen LogP) is 0.860. The normalized spacial score (nSPS) is 9.74. The van der Waals surface area contributed by atoms with Gasteiger partial charge in [-0.1, -0.05) is 17.7 Å². The third-order valence-corrected chi connectivity index (χ3v) is 2.40. The van der Waals surface area contributed by atoms with Crippen molar-refractivity contribution in [3.05, 3.63) is 59.7 Å². The van der Waals surface area contributed by atoms with Crippen molar-refractivity contribution < 1.29 is 9.59 Å². The van der Waals surface area contributed by atoms with Gasteiger partial charge in [-0.2, -0.15) is 0 Å². The minimum absolute atomic E-state index is 0.131. The SMILES string of the molecule is Cc1ccc(C(=O)NNC(=O)c2cnccn2)cc1. The number of nitrogens with one attached hydrogen (secondary N) is 2. The maximum atomic E-state index is 11.7. The van der Waals surface area contributed by atoms with Crippen LogP contribution < -0.4 is 10.9 Å². The number of aromatic nitrogens is 2. The minimum atomic E-state index is -0.520. The van der Waals surface area contributed by atoms with Crippen LogP contribution in [-0.4, -0.2) is 21.8 Å². The first-order valence-electron chi connectivity index (χ1n) is 5.60. The van der Waals surface area contributed by atoms with Gasteiger partial charge >= 0.3 is 0 Å². The summed E-state index contributed by atoms with van der Waals surface area (Å²) in [6, 6.07) is 7.00. The third-order valence-electron chi connectivity index (χ3n) is 2.40. The van der Waals surface area contributed by atoms with Gasteiger partial charge in [0.1, 0.15) is 5.69 Å². The Morgan fingerprint density at radius 3 is 2.32 bits per heavy atom. The zero-order valence-corrected chi connectivity index (χ0v) is 10.3. The maximum Gasteiger partial charge on any atom is 0.289 e. The predicted molar refractivity (Wildman–Crippen MR) is 68.1 cm³/mol. The molecule has 0 aliphatic carbocycles. The first kappa shape index (κ1) is 12.7. The number of aryl methyl sites for hydroxylation is 1. The lowest BCUT2D eigenvalue weighted by Gasteiger charge is -2.06. The number of carbonyl (C=O) groups excluding carboxylic acids is 2. The molecule has 0 saturated carbocycles. The van der Waals surface area contributed by atoms with Crippen LogP contribution in [0.4, 0.5) is 0 Å². The number of hydrazine groups is 1. The summed E-state index contributed by atoms with van der Waals surface area (Å²) >= 11 is 0. The zero-order chi connectivity index (χ0) is 13.7. The molecule has 1 aromatic heterocycles. The Kier molecular flexibility index (Phi) is 3.82. The van der Waals surface area contributed by atoms with Crippen molar-refractivity contribution in [2.24, 2.45) is 0 Å². The largest absolute Gasteiger partial charge is 0.289 e. The average molecular weight is 256 g/mol. The molecule has 2 rings (SSSR count). The molecule has 0 aliphatic heterocycles. The van der Waals surface area contributed by atoms with Gasteiger partial charge in [0.2, 0.25) is 0 Å². The second-order valence-electron chi connectivity index (χ2n) is 3.86. The van der Waals surface area contributed by atoms with Gasteiger partial charge in [0.15, 0.2) is 0 Å². The van der Waals surface area contributed by atoms with Crippen LogP contribution >= 0.6 is 0 Å². The average Bonchev–Trinajstić information content (AvgIpc) is 2.46. The highest BCUT2D eigenvalue weighted by molar-refractivity contribution is 5.98. The summed E-state index contributed by atoms with van der Waals surface area (Å²) in [4.78, 5) is 30.9. The summed E-state index contributed by atoms with van der Waals surface area (Å²) in [7, 11) is 0. The van der Waals surface area contributed by atoms with Crippen molar-refractivity contribution in [1.82, 2.24) is 20.8 Å². The Hall–Kier alpha value is -2.76. The van der Waals surface area contributed by atoms with Gasteiger partial charge in [0.05, 0.1) is 6.20 Å². The van der Waals surface area contributed by atoms with E-state index in [-0.39, 0.29) is 5.69 Å². The van der Waals surface area contributed by atoms with E-state index < -0.39 is 11.8 Å². The van der Waals surface area contributed by atoms with Crippen LogP contribution in [0.5, 0.6) is 0 Å². The van der Waals surface area contributed by atoms with Crippen molar-refractivity contribution in [2.75, 3.05) is 0 Å². The van der Waals surface area contributed by atoms with Gasteiger partial charge in [-0.3, -0.25) is 25.4 Å². The van der Waals surface area contributed by atoms with E-state index in [9.17, 15) is 9.59 Å². The Bertz CT molecular complexity index is 581. The molecule has 0 fully saturated rings. The van der Waals surface area contributed by atoms with Crippen LogP contribution in [0.2, 0.25) is 0 Å². The fourth-order valence-corrected chi connectivity index (χ4v) is 1.37. The van der Waals surface area contributed by atoms with Gasteiger partial charge in [0, 0.05) is 18.0 Å². The molecular formula is C13H12N4O2. The van der Waals surface area contributed by atoms with Crippen LogP contribution in [-0.2, 0) is 0 Å². The van der Waals surface area contributed by atoms with E-state index in [4.69, 9.17) is 0 Å². The number of benzene rings is 1. The first-order chi connectivity index (χ1) is 9.16. The molecule has 0 radical (unpaired) electrons. The molecule has 2 aromatic rings. The maximum absolute atomic E-state index is 11.7. The number of amides is 2. The second kappa shape index (κ2) is 5.72. The van der Waals surface area contributed by atoms with E-state index >= 15 is 0 Å². The number of hydrogen-bond acceptors (Lipinski definition) is 4. The Labute approximate surface area is 109 Å². The monoisotopic (exact) mass is 256 g/mol. The van der Waals surface area contributed by atoms with E-state index in [1.807, 2.05) is 19.1 Å². The molecule has 0 atom stereocenters. The highest BCUT2D eigenvalue weighted by Crippen LogP contribution is 2.02. The van der Waals surface area contributed by atoms with Gasteiger partial charge < -0.3 is 0 Å². The lowest BCUT2D eigenvalue weighted by molar-refractivity contribution is 0.0843. The molecule has 0 spiro atoms. The molecule has 0 unspecified atom stereocenters. The summed E-state index contributed by atoms with van der Waals surface area (Å²) in [6.45, 7) is 1.93. The molecule has 0 aliphatic rings. The van der Waals surface area contributed by atoms with Gasteiger partial charge in [-0.15, -0.1) is 0 Å². The van der Waals surface area contributed by atoms with Crippen molar-refractivity contribution in [3.63, 3.8) is 0 Å². The van der Waals surface area contributed by atoms with Gasteiger partial charge in [0.25, 0.3) is 11.8 Å². The number of hydrogen-bond donors (Lipinski definition) is 2. The molecule has 96 valence electrons. The Morgan fingerprint density at radius 2 is 1.68 bits per heavy atom. The number of carbonyl (C=O) groups is 2. The molecule has 19 heavy (non-hydrogen) atoms. The Morgan fingerprint density at radius 1 is 1.00 bits per heavy atom. The second-order valence-corrected chi connectivity index (χ2v) is 3.86. The van der Waals surface area contributed by atoms with Crippen LogP contribution in [0, 0.1) is 6.92 Å². The molecule has 6 nitrogen and oxygen atoms in total. The molecule has 0 saturated heterocycles. The summed E-state index contributed by atoms with van der Waals surface area (Å²) < 4.78 is 0. The minimum Gasteiger partial charge on any atom is -0.267 e. The van der Waals surface area contributed by atoms with E-state index in [0.29, 0.717) is 5.56 Å². The summed E-state index contributed by atoms with van der Waals surface area (Å²) in [6.07, 6.45) is 4.17. The van der Waals surface area contributed by atoms with Gasteiger partial charge in [-0.05, 0) is 19.1 Å². The fourth-order valence-electron chi connectivity index (χ4n) is 1.37. The van der Waals surface area contributed by atoms with Crippen molar-refractivity contribution in [3.8, 4) is 0 Å². The fraction of sp³-hybridized carbons (Fsp3) is 0.0769. The molecule has 0 bridgehead atoms. The van der Waals surface area contributed by atoms with Crippen LogP contribution in [0.3, 0.4) is 0 Å². The van der Waals surface area contributed by atoms with Crippen LogP contribution in [0.15, 0.2) is 42.9 Å². The highest BCUT2D eigenvalue weighted by Gasteiger charge is 2.09. The lowest BCUT2D eigenvalue weighted by atomic mass is 10.1. The van der Waals surface area contributed by atoms with Gasteiger partial charge in [-0.25, -0.2) is 4.98 Å². The molecular weight excluding hydrogens is 244 g/mol. The van der Waals surface area contributed by atoms with E-state index in [1.165, 1.54) is 18.6 Å². The Balaban J connectivity index is 1.94. The quantitative estimate of drug-likeness (QED) is 0.780. The summed E-state index contributed by atoms with van der Waals surface area (Å²) in [5.74, 6) is -0.911. The summed E-state index contributed by atoms with van der Waals surface area (Å²) in [5.41, 5.74) is 6.23. The standard InChI is InChI=1S/C13H12N4O2/c1-9-2-4-10(5-3-9)12(18)16-17-13(19)11-8-14-6-7-15-11/h2-8H,1H3,(H,16,18)(H,17,19). The number of nitrogens with zero attached hydrogens (tertiary/aromatic N) is 2. The zero-order valence-electron chi connectivity index (χ0n) is 10.3. The van der Waals surface area contributed by atoms with Crippen molar-refractivity contribution >= 4 is 11.8 Å². The van der Waals surface area contributed by atoms with E-state index in [1.54, 1.807) is 12.1 Å². The smallest absolute Gasteiger partial charge is 0.267 e. The topological polar surface area (TPSA) is 84.0 Å². The van der Waals surface area contributed by atoms with Crippen LogP contribution in [0.1, 0.15) is 26.4 Å². The first-order valence-corrected chi connectivity index (χ1v) is 5.60. The third kappa shape index (κ3) is 3.35. The molecule has 1 aromatic carbocycles. The highest BCUT2D eigenvalue weighted by atomic mass is 16.2. The molecule has 6 heteroatoms. The van der Waals surface area contributed by atoms with E-state index in [0.717, 1.165) is 5.56 Å².